The Bertz CT molecular complexity index is 608. The lowest BCUT2D eigenvalue weighted by atomic mass is 10.0. The molecular formula is C13H6BrClF2O. The average molecular weight is 332 g/mol. The Balaban J connectivity index is 2.51. The molecule has 2 aromatic carbocycles. The van der Waals surface area contributed by atoms with Crippen molar-refractivity contribution in [1.29, 1.82) is 0 Å². The first-order valence-electron chi connectivity index (χ1n) is 4.94. The van der Waals surface area contributed by atoms with Gasteiger partial charge in [0.25, 0.3) is 0 Å². The van der Waals surface area contributed by atoms with Crippen LogP contribution >= 0.6 is 27.5 Å². The molecule has 92 valence electrons. The summed E-state index contributed by atoms with van der Waals surface area (Å²) in [5.41, 5.74) is 0.114. The van der Waals surface area contributed by atoms with E-state index in [1.54, 1.807) is 12.1 Å². The zero-order valence-electron chi connectivity index (χ0n) is 8.88. The van der Waals surface area contributed by atoms with Crippen LogP contribution in [0.15, 0.2) is 40.9 Å². The molecule has 0 atom stereocenters. The predicted molar refractivity (Wildman–Crippen MR) is 68.9 cm³/mol. The molecular weight excluding hydrogens is 325 g/mol. The first kappa shape index (κ1) is 13.2. The van der Waals surface area contributed by atoms with E-state index >= 15 is 0 Å². The van der Waals surface area contributed by atoms with Crippen LogP contribution in [0.25, 0.3) is 0 Å². The Labute approximate surface area is 116 Å². The van der Waals surface area contributed by atoms with Crippen LogP contribution in [0, 0.1) is 11.6 Å². The maximum atomic E-state index is 13.0. The third-order valence-electron chi connectivity index (χ3n) is 2.32. The van der Waals surface area contributed by atoms with Crippen molar-refractivity contribution in [3.63, 3.8) is 0 Å². The van der Waals surface area contributed by atoms with E-state index in [0.29, 0.717) is 10.5 Å². The third kappa shape index (κ3) is 2.60. The molecule has 0 saturated carbocycles. The van der Waals surface area contributed by atoms with E-state index in [4.69, 9.17) is 11.6 Å². The lowest BCUT2D eigenvalue weighted by Gasteiger charge is -2.05. The summed E-state index contributed by atoms with van der Waals surface area (Å²) in [6, 6.07) is 7.45. The topological polar surface area (TPSA) is 17.1 Å². The first-order valence-corrected chi connectivity index (χ1v) is 6.11. The number of rotatable bonds is 2. The lowest BCUT2D eigenvalue weighted by molar-refractivity contribution is 0.103. The standard InChI is InChI=1S/C13H6BrClF2O/c14-11-3-1-2-10(12(11)15)13(18)7-4-8(16)6-9(17)5-7/h1-6H. The summed E-state index contributed by atoms with van der Waals surface area (Å²) >= 11 is 9.15. The Morgan fingerprint density at radius 1 is 1.11 bits per heavy atom. The summed E-state index contributed by atoms with van der Waals surface area (Å²) in [6.45, 7) is 0. The van der Waals surface area contributed by atoms with Crippen LogP contribution < -0.4 is 0 Å². The molecule has 0 heterocycles. The van der Waals surface area contributed by atoms with Gasteiger partial charge in [-0.3, -0.25) is 4.79 Å². The van der Waals surface area contributed by atoms with Gasteiger partial charge in [0.1, 0.15) is 11.6 Å². The number of benzene rings is 2. The van der Waals surface area contributed by atoms with Crippen molar-refractivity contribution in [2.24, 2.45) is 0 Å². The van der Waals surface area contributed by atoms with E-state index < -0.39 is 17.4 Å². The van der Waals surface area contributed by atoms with Gasteiger partial charge in [0.15, 0.2) is 5.78 Å². The van der Waals surface area contributed by atoms with Crippen molar-refractivity contribution < 1.29 is 13.6 Å². The van der Waals surface area contributed by atoms with Crippen molar-refractivity contribution >= 4 is 33.3 Å². The molecule has 5 heteroatoms. The summed E-state index contributed by atoms with van der Waals surface area (Å²) in [5, 5.41) is 0.215. The van der Waals surface area contributed by atoms with Crippen LogP contribution in [-0.2, 0) is 0 Å². The van der Waals surface area contributed by atoms with E-state index in [-0.39, 0.29) is 16.1 Å². The average Bonchev–Trinajstić information content (AvgIpc) is 2.30. The molecule has 0 saturated heterocycles. The highest BCUT2D eigenvalue weighted by Gasteiger charge is 2.16. The second kappa shape index (κ2) is 5.16. The molecule has 0 fully saturated rings. The van der Waals surface area contributed by atoms with E-state index in [2.05, 4.69) is 15.9 Å². The van der Waals surface area contributed by atoms with Gasteiger partial charge in [-0.2, -0.15) is 0 Å². The first-order chi connectivity index (χ1) is 8.49. The summed E-state index contributed by atoms with van der Waals surface area (Å²) in [4.78, 5) is 12.1. The fourth-order valence-corrected chi connectivity index (χ4v) is 2.10. The minimum Gasteiger partial charge on any atom is -0.289 e. The Morgan fingerprint density at radius 2 is 1.72 bits per heavy atom. The van der Waals surface area contributed by atoms with Gasteiger partial charge in [-0.1, -0.05) is 17.7 Å². The minimum atomic E-state index is -0.801. The van der Waals surface area contributed by atoms with Gasteiger partial charge in [0, 0.05) is 21.7 Å². The molecule has 0 aliphatic carbocycles. The second-order valence-electron chi connectivity index (χ2n) is 3.59. The Hall–Kier alpha value is -1.26. The molecule has 0 radical (unpaired) electrons. The van der Waals surface area contributed by atoms with Crippen LogP contribution in [0.3, 0.4) is 0 Å². The fourth-order valence-electron chi connectivity index (χ4n) is 1.52. The summed E-state index contributed by atoms with van der Waals surface area (Å²) in [7, 11) is 0. The van der Waals surface area contributed by atoms with Crippen LogP contribution in [-0.4, -0.2) is 5.78 Å². The zero-order valence-corrected chi connectivity index (χ0v) is 11.2. The van der Waals surface area contributed by atoms with Crippen LogP contribution in [0.4, 0.5) is 8.78 Å². The molecule has 0 aliphatic heterocycles. The zero-order chi connectivity index (χ0) is 13.3. The monoisotopic (exact) mass is 330 g/mol. The molecule has 2 aromatic rings. The maximum absolute atomic E-state index is 13.0. The molecule has 0 aromatic heterocycles. The van der Waals surface area contributed by atoms with Crippen molar-refractivity contribution in [2.75, 3.05) is 0 Å². The van der Waals surface area contributed by atoms with Gasteiger partial charge in [-0.15, -0.1) is 0 Å². The van der Waals surface area contributed by atoms with Crippen LogP contribution in [0.5, 0.6) is 0 Å². The number of halogens is 4. The maximum Gasteiger partial charge on any atom is 0.194 e. The van der Waals surface area contributed by atoms with Crippen molar-refractivity contribution in [3.05, 3.63) is 68.7 Å². The molecule has 0 aliphatic rings. The van der Waals surface area contributed by atoms with Gasteiger partial charge < -0.3 is 0 Å². The minimum absolute atomic E-state index is 0.0764. The SMILES string of the molecule is O=C(c1cc(F)cc(F)c1)c1cccc(Br)c1Cl. The van der Waals surface area contributed by atoms with Crippen LogP contribution in [0.2, 0.25) is 5.02 Å². The highest BCUT2D eigenvalue weighted by molar-refractivity contribution is 9.10. The van der Waals surface area contributed by atoms with Crippen molar-refractivity contribution in [2.45, 2.75) is 0 Å². The Morgan fingerprint density at radius 3 is 2.33 bits per heavy atom. The largest absolute Gasteiger partial charge is 0.289 e. The number of carbonyl (C=O) groups is 1. The van der Waals surface area contributed by atoms with Gasteiger partial charge in [-0.05, 0) is 40.2 Å². The number of hydrogen-bond acceptors (Lipinski definition) is 1. The van der Waals surface area contributed by atoms with E-state index in [0.717, 1.165) is 12.1 Å². The Kier molecular flexibility index (Phi) is 3.78. The number of ketones is 1. The van der Waals surface area contributed by atoms with Gasteiger partial charge in [0.2, 0.25) is 0 Å². The summed E-state index contributed by atoms with van der Waals surface area (Å²) in [5.74, 6) is -2.13. The van der Waals surface area contributed by atoms with E-state index in [1.807, 2.05) is 0 Å². The number of carbonyl (C=O) groups excluding carboxylic acids is 1. The third-order valence-corrected chi connectivity index (χ3v) is 3.62. The molecule has 0 bridgehead atoms. The highest BCUT2D eigenvalue weighted by Crippen LogP contribution is 2.28. The summed E-state index contributed by atoms with van der Waals surface area (Å²) < 4.78 is 26.6. The summed E-state index contributed by atoms with van der Waals surface area (Å²) in [6.07, 6.45) is 0. The molecule has 18 heavy (non-hydrogen) atoms. The second-order valence-corrected chi connectivity index (χ2v) is 4.82. The number of hydrogen-bond donors (Lipinski definition) is 0. The molecule has 0 N–H and O–H groups in total. The predicted octanol–water partition coefficient (Wildman–Crippen LogP) is 4.61. The molecule has 0 spiro atoms. The van der Waals surface area contributed by atoms with Gasteiger partial charge >= 0.3 is 0 Å². The van der Waals surface area contributed by atoms with Crippen molar-refractivity contribution in [1.82, 2.24) is 0 Å². The van der Waals surface area contributed by atoms with E-state index in [9.17, 15) is 13.6 Å². The molecule has 2 rings (SSSR count). The quantitative estimate of drug-likeness (QED) is 0.734. The molecule has 0 amide bonds. The van der Waals surface area contributed by atoms with Crippen molar-refractivity contribution in [3.8, 4) is 0 Å². The lowest BCUT2D eigenvalue weighted by Crippen LogP contribution is -2.03. The van der Waals surface area contributed by atoms with Gasteiger partial charge in [-0.25, -0.2) is 8.78 Å². The normalized spacial score (nSPS) is 10.4. The molecule has 1 nitrogen and oxygen atoms in total. The van der Waals surface area contributed by atoms with Crippen LogP contribution in [0.1, 0.15) is 15.9 Å². The smallest absolute Gasteiger partial charge is 0.194 e. The fraction of sp³-hybridized carbons (Fsp3) is 0. The van der Waals surface area contributed by atoms with Gasteiger partial charge in [0.05, 0.1) is 5.02 Å². The van der Waals surface area contributed by atoms with E-state index in [1.165, 1.54) is 6.07 Å². The highest BCUT2D eigenvalue weighted by atomic mass is 79.9. The molecule has 0 unspecified atom stereocenters.